The Morgan fingerprint density at radius 1 is 1.25 bits per heavy atom. The van der Waals surface area contributed by atoms with Crippen LogP contribution in [0, 0.1) is 0 Å². The molecule has 0 amide bonds. The Hall–Kier alpha value is -1.26. The number of aliphatic hydroxyl groups is 1. The second kappa shape index (κ2) is 6.95. The summed E-state index contributed by atoms with van der Waals surface area (Å²) in [6.45, 7) is 2.13. The normalized spacial score (nSPS) is 24.2. The van der Waals surface area contributed by atoms with Crippen LogP contribution >= 0.6 is 0 Å². The number of benzene rings is 1. The van der Waals surface area contributed by atoms with Crippen LogP contribution in [0.25, 0.3) is 0 Å². The zero-order valence-corrected chi connectivity index (χ0v) is 12.6. The number of hydrogen-bond donors (Lipinski definition) is 2. The van der Waals surface area contributed by atoms with Gasteiger partial charge in [0.1, 0.15) is 11.5 Å². The van der Waals surface area contributed by atoms with Crippen molar-refractivity contribution < 1.29 is 14.6 Å². The van der Waals surface area contributed by atoms with Crippen molar-refractivity contribution in [1.82, 2.24) is 5.32 Å². The molecular formula is C16H25NO3. The highest BCUT2D eigenvalue weighted by molar-refractivity contribution is 5.42. The van der Waals surface area contributed by atoms with Crippen LogP contribution in [0.5, 0.6) is 11.5 Å². The van der Waals surface area contributed by atoms with E-state index in [0.717, 1.165) is 42.7 Å². The van der Waals surface area contributed by atoms with Crippen LogP contribution in [0.3, 0.4) is 0 Å². The van der Waals surface area contributed by atoms with Crippen molar-refractivity contribution in [3.8, 4) is 11.5 Å². The topological polar surface area (TPSA) is 50.7 Å². The van der Waals surface area contributed by atoms with Gasteiger partial charge in [-0.1, -0.05) is 6.07 Å². The van der Waals surface area contributed by atoms with E-state index < -0.39 is 0 Å². The van der Waals surface area contributed by atoms with Gasteiger partial charge in [0, 0.05) is 23.7 Å². The molecule has 2 rings (SSSR count). The number of hydrogen-bond acceptors (Lipinski definition) is 4. The predicted octanol–water partition coefficient (Wildman–Crippen LogP) is 2.66. The SMILES string of the molecule is COc1ccc(C(C)NC2CCCC(O)C2)c(OC)c1. The average molecular weight is 279 g/mol. The van der Waals surface area contributed by atoms with Gasteiger partial charge < -0.3 is 19.9 Å². The van der Waals surface area contributed by atoms with Gasteiger partial charge in [-0.15, -0.1) is 0 Å². The maximum Gasteiger partial charge on any atom is 0.127 e. The molecule has 20 heavy (non-hydrogen) atoms. The fraction of sp³-hybridized carbons (Fsp3) is 0.625. The molecule has 1 aromatic rings. The van der Waals surface area contributed by atoms with Crippen LogP contribution in [0.1, 0.15) is 44.2 Å². The fourth-order valence-electron chi connectivity index (χ4n) is 2.93. The molecule has 3 unspecified atom stereocenters. The summed E-state index contributed by atoms with van der Waals surface area (Å²) in [7, 11) is 3.33. The molecule has 0 aliphatic heterocycles. The number of nitrogens with one attached hydrogen (secondary N) is 1. The molecule has 1 saturated carbocycles. The molecular weight excluding hydrogens is 254 g/mol. The van der Waals surface area contributed by atoms with Gasteiger partial charge in [0.25, 0.3) is 0 Å². The number of rotatable bonds is 5. The zero-order chi connectivity index (χ0) is 14.5. The molecule has 0 bridgehead atoms. The molecule has 3 atom stereocenters. The summed E-state index contributed by atoms with van der Waals surface area (Å²) in [6.07, 6.45) is 3.82. The summed E-state index contributed by atoms with van der Waals surface area (Å²) in [4.78, 5) is 0. The molecule has 4 nitrogen and oxygen atoms in total. The van der Waals surface area contributed by atoms with Crippen LogP contribution in [-0.2, 0) is 0 Å². The van der Waals surface area contributed by atoms with Gasteiger partial charge in [-0.05, 0) is 38.7 Å². The molecule has 0 aromatic heterocycles. The van der Waals surface area contributed by atoms with Crippen molar-refractivity contribution in [2.24, 2.45) is 0 Å². The Morgan fingerprint density at radius 3 is 2.70 bits per heavy atom. The summed E-state index contributed by atoms with van der Waals surface area (Å²) < 4.78 is 10.7. The lowest BCUT2D eigenvalue weighted by molar-refractivity contribution is 0.109. The highest BCUT2D eigenvalue weighted by Gasteiger charge is 2.22. The van der Waals surface area contributed by atoms with E-state index in [2.05, 4.69) is 12.2 Å². The van der Waals surface area contributed by atoms with Crippen molar-refractivity contribution in [1.29, 1.82) is 0 Å². The molecule has 1 aromatic carbocycles. The first-order valence-electron chi connectivity index (χ1n) is 7.30. The second-order valence-corrected chi connectivity index (χ2v) is 5.51. The maximum atomic E-state index is 9.75. The van der Waals surface area contributed by atoms with Crippen LogP contribution in [0.2, 0.25) is 0 Å². The first kappa shape index (κ1) is 15.1. The van der Waals surface area contributed by atoms with Gasteiger partial charge >= 0.3 is 0 Å². The van der Waals surface area contributed by atoms with Crippen molar-refractivity contribution in [3.63, 3.8) is 0 Å². The molecule has 112 valence electrons. The molecule has 1 aliphatic carbocycles. The Bertz CT molecular complexity index is 436. The monoisotopic (exact) mass is 279 g/mol. The van der Waals surface area contributed by atoms with Gasteiger partial charge in [0.2, 0.25) is 0 Å². The van der Waals surface area contributed by atoms with Crippen LogP contribution < -0.4 is 14.8 Å². The Morgan fingerprint density at radius 2 is 2.05 bits per heavy atom. The minimum absolute atomic E-state index is 0.161. The first-order valence-corrected chi connectivity index (χ1v) is 7.30. The molecule has 0 radical (unpaired) electrons. The number of aliphatic hydroxyl groups excluding tert-OH is 1. The summed E-state index contributed by atoms with van der Waals surface area (Å²) in [5.41, 5.74) is 1.12. The molecule has 1 aliphatic rings. The van der Waals surface area contributed by atoms with Gasteiger partial charge in [-0.3, -0.25) is 0 Å². The zero-order valence-electron chi connectivity index (χ0n) is 12.6. The van der Waals surface area contributed by atoms with Gasteiger partial charge in [0.15, 0.2) is 0 Å². The highest BCUT2D eigenvalue weighted by Crippen LogP contribution is 2.30. The molecule has 0 heterocycles. The Labute approximate surface area is 121 Å². The van der Waals surface area contributed by atoms with E-state index >= 15 is 0 Å². The largest absolute Gasteiger partial charge is 0.497 e. The van der Waals surface area contributed by atoms with Gasteiger partial charge in [0.05, 0.1) is 20.3 Å². The molecule has 0 spiro atoms. The van der Waals surface area contributed by atoms with Crippen LogP contribution in [-0.4, -0.2) is 31.5 Å². The van der Waals surface area contributed by atoms with E-state index in [-0.39, 0.29) is 12.1 Å². The van der Waals surface area contributed by atoms with E-state index in [0.29, 0.717) is 6.04 Å². The van der Waals surface area contributed by atoms with Crippen molar-refractivity contribution in [2.45, 2.75) is 50.8 Å². The smallest absolute Gasteiger partial charge is 0.127 e. The van der Waals surface area contributed by atoms with Crippen molar-refractivity contribution in [3.05, 3.63) is 23.8 Å². The van der Waals surface area contributed by atoms with E-state index in [9.17, 15) is 5.11 Å². The Kier molecular flexibility index (Phi) is 5.26. The summed E-state index contributed by atoms with van der Waals surface area (Å²) in [6, 6.07) is 6.45. The van der Waals surface area contributed by atoms with E-state index in [1.807, 2.05) is 18.2 Å². The lowest BCUT2D eigenvalue weighted by Gasteiger charge is -2.30. The lowest BCUT2D eigenvalue weighted by atomic mass is 9.92. The molecule has 1 fully saturated rings. The molecule has 2 N–H and O–H groups in total. The summed E-state index contributed by atoms with van der Waals surface area (Å²) in [5.74, 6) is 1.63. The Balaban J connectivity index is 2.06. The second-order valence-electron chi connectivity index (χ2n) is 5.51. The molecule has 0 saturated heterocycles. The number of ether oxygens (including phenoxy) is 2. The fourth-order valence-corrected chi connectivity index (χ4v) is 2.93. The van der Waals surface area contributed by atoms with E-state index in [4.69, 9.17) is 9.47 Å². The van der Waals surface area contributed by atoms with E-state index in [1.165, 1.54) is 0 Å². The lowest BCUT2D eigenvalue weighted by Crippen LogP contribution is -2.37. The first-order chi connectivity index (χ1) is 9.63. The van der Waals surface area contributed by atoms with Gasteiger partial charge in [-0.2, -0.15) is 0 Å². The van der Waals surface area contributed by atoms with Crippen LogP contribution in [0.4, 0.5) is 0 Å². The third-order valence-corrected chi connectivity index (χ3v) is 4.04. The van der Waals surface area contributed by atoms with Gasteiger partial charge in [-0.25, -0.2) is 0 Å². The maximum absolute atomic E-state index is 9.75. The molecule has 4 heteroatoms. The minimum Gasteiger partial charge on any atom is -0.497 e. The number of methoxy groups -OCH3 is 2. The third-order valence-electron chi connectivity index (χ3n) is 4.04. The predicted molar refractivity (Wildman–Crippen MR) is 79.4 cm³/mol. The summed E-state index contributed by atoms with van der Waals surface area (Å²) >= 11 is 0. The quantitative estimate of drug-likeness (QED) is 0.870. The van der Waals surface area contributed by atoms with Crippen LogP contribution in [0.15, 0.2) is 18.2 Å². The van der Waals surface area contributed by atoms with Crippen molar-refractivity contribution in [2.75, 3.05) is 14.2 Å². The summed E-state index contributed by atoms with van der Waals surface area (Å²) in [5, 5.41) is 13.3. The minimum atomic E-state index is -0.161. The third kappa shape index (κ3) is 3.64. The highest BCUT2D eigenvalue weighted by atomic mass is 16.5. The standard InChI is InChI=1S/C16H25NO3/c1-11(17-12-5-4-6-13(18)9-12)15-8-7-14(19-2)10-16(15)20-3/h7-8,10-13,17-18H,4-6,9H2,1-3H3. The average Bonchev–Trinajstić information content (AvgIpc) is 2.46. The van der Waals surface area contributed by atoms with E-state index in [1.54, 1.807) is 14.2 Å². The van der Waals surface area contributed by atoms with Crippen molar-refractivity contribution >= 4 is 0 Å².